The van der Waals surface area contributed by atoms with Crippen LogP contribution in [0.3, 0.4) is 0 Å². The van der Waals surface area contributed by atoms with Crippen molar-refractivity contribution in [3.8, 4) is 0 Å². The van der Waals surface area contributed by atoms with Crippen LogP contribution in [-0.4, -0.2) is 21.1 Å². The van der Waals surface area contributed by atoms with Gasteiger partial charge in [0.15, 0.2) is 5.82 Å². The second-order valence-electron chi connectivity index (χ2n) is 2.69. The Morgan fingerprint density at radius 1 is 1.64 bits per heavy atom. The fraction of sp³-hybridized carbons (Fsp3) is 0.600. The molecule has 0 saturated heterocycles. The van der Waals surface area contributed by atoms with Crippen molar-refractivity contribution in [2.45, 2.75) is 17.9 Å². The zero-order valence-corrected chi connectivity index (χ0v) is 5.51. The first kappa shape index (κ1) is 6.66. The Labute approximate surface area is 60.8 Å². The van der Waals surface area contributed by atoms with Crippen molar-refractivity contribution in [1.82, 2.24) is 15.2 Å². The first-order valence-electron chi connectivity index (χ1n) is 3.09. The first-order valence-corrected chi connectivity index (χ1v) is 3.09. The molecular formula is C5H6F2N4. The summed E-state index contributed by atoms with van der Waals surface area (Å²) in [4.78, 5) is 3.57. The van der Waals surface area contributed by atoms with E-state index in [2.05, 4.69) is 15.2 Å². The molecule has 0 bridgehead atoms. The van der Waals surface area contributed by atoms with E-state index in [0.29, 0.717) is 0 Å². The van der Waals surface area contributed by atoms with Crippen LogP contribution in [-0.2, 0) is 5.54 Å². The van der Waals surface area contributed by atoms with Crippen molar-refractivity contribution in [2.24, 2.45) is 5.73 Å². The molecular weight excluding hydrogens is 154 g/mol. The van der Waals surface area contributed by atoms with Crippen LogP contribution in [0.25, 0.3) is 0 Å². The molecule has 1 aromatic heterocycles. The predicted molar refractivity (Wildman–Crippen MR) is 31.8 cm³/mol. The van der Waals surface area contributed by atoms with Crippen LogP contribution in [0, 0.1) is 0 Å². The van der Waals surface area contributed by atoms with Gasteiger partial charge in [-0.15, -0.1) is 0 Å². The lowest BCUT2D eigenvalue weighted by molar-refractivity contribution is 0.0870. The van der Waals surface area contributed by atoms with Crippen LogP contribution in [0.5, 0.6) is 0 Å². The van der Waals surface area contributed by atoms with Gasteiger partial charge in [-0.2, -0.15) is 5.10 Å². The molecule has 60 valence electrons. The highest BCUT2D eigenvalue weighted by atomic mass is 19.3. The molecule has 1 aromatic rings. The van der Waals surface area contributed by atoms with Crippen LogP contribution in [0.1, 0.15) is 12.2 Å². The van der Waals surface area contributed by atoms with Crippen LogP contribution in [0.2, 0.25) is 0 Å². The van der Waals surface area contributed by atoms with Crippen LogP contribution in [0.4, 0.5) is 8.78 Å². The molecule has 0 amide bonds. The monoisotopic (exact) mass is 160 g/mol. The third kappa shape index (κ3) is 0.697. The van der Waals surface area contributed by atoms with Crippen LogP contribution >= 0.6 is 0 Å². The lowest BCUT2D eigenvalue weighted by atomic mass is 10.3. The van der Waals surface area contributed by atoms with Crippen LogP contribution in [0.15, 0.2) is 6.33 Å². The molecule has 1 unspecified atom stereocenters. The second-order valence-corrected chi connectivity index (χ2v) is 2.69. The van der Waals surface area contributed by atoms with Crippen molar-refractivity contribution in [2.75, 3.05) is 0 Å². The van der Waals surface area contributed by atoms with E-state index in [1.165, 1.54) is 6.33 Å². The molecule has 3 N–H and O–H groups in total. The van der Waals surface area contributed by atoms with Gasteiger partial charge in [0.25, 0.3) is 5.92 Å². The Morgan fingerprint density at radius 2 is 2.27 bits per heavy atom. The summed E-state index contributed by atoms with van der Waals surface area (Å²) in [6, 6.07) is 0. The van der Waals surface area contributed by atoms with E-state index in [9.17, 15) is 8.78 Å². The number of H-pyrrole nitrogens is 1. The maximum atomic E-state index is 12.5. The third-order valence-electron chi connectivity index (χ3n) is 1.87. The molecule has 1 aliphatic rings. The zero-order valence-electron chi connectivity index (χ0n) is 5.51. The second kappa shape index (κ2) is 1.58. The summed E-state index contributed by atoms with van der Waals surface area (Å²) in [6.07, 6.45) is 0.813. The first-order chi connectivity index (χ1) is 5.06. The largest absolute Gasteiger partial charge is 0.314 e. The summed E-state index contributed by atoms with van der Waals surface area (Å²) >= 11 is 0. The third-order valence-corrected chi connectivity index (χ3v) is 1.87. The minimum atomic E-state index is -2.83. The lowest BCUT2D eigenvalue weighted by Gasteiger charge is -2.03. The number of hydrogen-bond donors (Lipinski definition) is 2. The van der Waals surface area contributed by atoms with Crippen LogP contribution < -0.4 is 5.73 Å². The van der Waals surface area contributed by atoms with Crippen molar-refractivity contribution in [3.63, 3.8) is 0 Å². The molecule has 1 atom stereocenters. The molecule has 11 heavy (non-hydrogen) atoms. The quantitative estimate of drug-likeness (QED) is 0.607. The molecule has 0 spiro atoms. The van der Waals surface area contributed by atoms with Gasteiger partial charge in [-0.05, 0) is 0 Å². The van der Waals surface area contributed by atoms with Gasteiger partial charge in [0.1, 0.15) is 11.9 Å². The van der Waals surface area contributed by atoms with E-state index >= 15 is 0 Å². The summed E-state index contributed by atoms with van der Waals surface area (Å²) in [5.74, 6) is -2.77. The van der Waals surface area contributed by atoms with E-state index in [1.807, 2.05) is 0 Å². The normalized spacial score (nSPS) is 33.7. The fourth-order valence-corrected chi connectivity index (χ4v) is 0.983. The average Bonchev–Trinajstić information content (AvgIpc) is 2.36. The topological polar surface area (TPSA) is 67.6 Å². The molecule has 2 rings (SSSR count). The Bertz CT molecular complexity index is 270. The van der Waals surface area contributed by atoms with E-state index in [0.717, 1.165) is 0 Å². The molecule has 1 saturated carbocycles. The minimum Gasteiger partial charge on any atom is -0.314 e. The Hall–Kier alpha value is -1.04. The SMILES string of the molecule is NC1(c2ncn[nH]2)CC1(F)F. The molecule has 4 nitrogen and oxygen atoms in total. The number of hydrogen-bond acceptors (Lipinski definition) is 3. The van der Waals surface area contributed by atoms with E-state index in [1.54, 1.807) is 0 Å². The zero-order chi connectivity index (χ0) is 8.11. The number of nitrogens with two attached hydrogens (primary N) is 1. The highest BCUT2D eigenvalue weighted by molar-refractivity contribution is 5.24. The number of nitrogens with one attached hydrogen (secondary N) is 1. The summed E-state index contributed by atoms with van der Waals surface area (Å²) in [5.41, 5.74) is 3.71. The number of aromatic nitrogens is 3. The van der Waals surface area contributed by atoms with Crippen molar-refractivity contribution < 1.29 is 8.78 Å². The van der Waals surface area contributed by atoms with Gasteiger partial charge < -0.3 is 5.73 Å². The molecule has 0 radical (unpaired) electrons. The van der Waals surface area contributed by atoms with E-state index in [4.69, 9.17) is 5.73 Å². The number of nitrogens with zero attached hydrogens (tertiary/aromatic N) is 2. The standard InChI is InChI=1S/C5H6F2N4/c6-5(7)1-4(5,8)3-9-2-10-11-3/h2H,1,8H2,(H,9,10,11). The fourth-order valence-electron chi connectivity index (χ4n) is 0.983. The summed E-state index contributed by atoms with van der Waals surface area (Å²) in [6.45, 7) is 0. The number of aromatic amines is 1. The number of rotatable bonds is 1. The van der Waals surface area contributed by atoms with Crippen molar-refractivity contribution in [1.29, 1.82) is 0 Å². The smallest absolute Gasteiger partial charge is 0.275 e. The highest BCUT2D eigenvalue weighted by Gasteiger charge is 2.72. The van der Waals surface area contributed by atoms with Crippen molar-refractivity contribution >= 4 is 0 Å². The number of alkyl halides is 2. The predicted octanol–water partition coefficient (Wildman–Crippen LogP) is -0.00230. The molecule has 1 aliphatic carbocycles. The molecule has 0 aliphatic heterocycles. The molecule has 0 aromatic carbocycles. The Morgan fingerprint density at radius 3 is 2.64 bits per heavy atom. The van der Waals surface area contributed by atoms with Crippen molar-refractivity contribution in [3.05, 3.63) is 12.2 Å². The maximum absolute atomic E-state index is 12.5. The van der Waals surface area contributed by atoms with Gasteiger partial charge in [0, 0.05) is 6.42 Å². The maximum Gasteiger partial charge on any atom is 0.275 e. The molecule has 6 heteroatoms. The molecule has 1 fully saturated rings. The van der Waals surface area contributed by atoms with Gasteiger partial charge in [0.05, 0.1) is 0 Å². The Balaban J connectivity index is 2.33. The average molecular weight is 160 g/mol. The van der Waals surface area contributed by atoms with Gasteiger partial charge in [-0.1, -0.05) is 0 Å². The molecule has 1 heterocycles. The van der Waals surface area contributed by atoms with Gasteiger partial charge in [-0.3, -0.25) is 5.10 Å². The Kier molecular flexibility index (Phi) is 0.956. The summed E-state index contributed by atoms with van der Waals surface area (Å²) in [5, 5.41) is 5.77. The van der Waals surface area contributed by atoms with Gasteiger partial charge in [-0.25, -0.2) is 13.8 Å². The lowest BCUT2D eigenvalue weighted by Crippen LogP contribution is -2.28. The summed E-state index contributed by atoms with van der Waals surface area (Å²) < 4.78 is 25.1. The number of halogens is 2. The van der Waals surface area contributed by atoms with E-state index < -0.39 is 11.5 Å². The minimum absolute atomic E-state index is 0.0579. The van der Waals surface area contributed by atoms with E-state index in [-0.39, 0.29) is 12.2 Å². The van der Waals surface area contributed by atoms with Gasteiger partial charge >= 0.3 is 0 Å². The summed E-state index contributed by atoms with van der Waals surface area (Å²) in [7, 11) is 0. The highest BCUT2D eigenvalue weighted by Crippen LogP contribution is 2.56. The van der Waals surface area contributed by atoms with Gasteiger partial charge in [0.2, 0.25) is 0 Å².